The van der Waals surface area contributed by atoms with Gasteiger partial charge in [0, 0.05) is 37.3 Å². The summed E-state index contributed by atoms with van der Waals surface area (Å²) in [7, 11) is 0. The molecule has 3 heteroatoms. The topological polar surface area (TPSA) is 32.5 Å². The van der Waals surface area contributed by atoms with Gasteiger partial charge < -0.3 is 5.73 Å². The zero-order valence-electron chi connectivity index (χ0n) is 10.5. The molecule has 0 bridgehead atoms. The molecule has 16 heavy (non-hydrogen) atoms. The van der Waals surface area contributed by atoms with Gasteiger partial charge in [-0.1, -0.05) is 0 Å². The third-order valence-electron chi connectivity index (χ3n) is 4.93. The first-order valence-corrected chi connectivity index (χ1v) is 6.93. The van der Waals surface area contributed by atoms with E-state index >= 15 is 0 Å². The van der Waals surface area contributed by atoms with Crippen LogP contribution >= 0.6 is 0 Å². The van der Waals surface area contributed by atoms with E-state index in [-0.39, 0.29) is 5.54 Å². The van der Waals surface area contributed by atoms with E-state index in [1.807, 2.05) is 0 Å². The number of hydrogen-bond donors (Lipinski definition) is 1. The second-order valence-corrected chi connectivity index (χ2v) is 6.29. The number of rotatable bonds is 2. The molecular formula is C13H25N3. The molecule has 0 aromatic heterocycles. The minimum Gasteiger partial charge on any atom is -0.324 e. The summed E-state index contributed by atoms with van der Waals surface area (Å²) in [4.78, 5) is 5.34. The maximum Gasteiger partial charge on any atom is 0.0283 e. The largest absolute Gasteiger partial charge is 0.324 e. The van der Waals surface area contributed by atoms with Gasteiger partial charge in [-0.2, -0.15) is 0 Å². The van der Waals surface area contributed by atoms with Crippen molar-refractivity contribution in [1.29, 1.82) is 0 Å². The van der Waals surface area contributed by atoms with Gasteiger partial charge >= 0.3 is 0 Å². The molecule has 3 aliphatic rings. The monoisotopic (exact) mass is 223 g/mol. The standard InChI is InChI=1S/C13H25N3/c1-11-8-15-7-2-4-12(15)9-16(11)10-13(14)5-3-6-13/h11-12H,2-10,14H2,1H3. The molecule has 2 aliphatic heterocycles. The minimum atomic E-state index is 0.162. The molecule has 3 rings (SSSR count). The molecule has 0 amide bonds. The van der Waals surface area contributed by atoms with Crippen LogP contribution in [0.5, 0.6) is 0 Å². The molecule has 0 aromatic rings. The van der Waals surface area contributed by atoms with Crippen molar-refractivity contribution in [2.75, 3.05) is 26.2 Å². The number of nitrogens with two attached hydrogens (primary N) is 1. The molecule has 1 aliphatic carbocycles. The van der Waals surface area contributed by atoms with Gasteiger partial charge in [0.2, 0.25) is 0 Å². The molecule has 2 atom stereocenters. The molecule has 92 valence electrons. The fourth-order valence-electron chi connectivity index (χ4n) is 3.66. The Balaban J connectivity index is 1.61. The Bertz CT molecular complexity index is 262. The highest BCUT2D eigenvalue weighted by atomic mass is 15.3. The van der Waals surface area contributed by atoms with Crippen molar-refractivity contribution in [1.82, 2.24) is 9.80 Å². The fraction of sp³-hybridized carbons (Fsp3) is 1.00. The number of hydrogen-bond acceptors (Lipinski definition) is 3. The van der Waals surface area contributed by atoms with Crippen LogP contribution in [0.15, 0.2) is 0 Å². The zero-order valence-corrected chi connectivity index (χ0v) is 10.5. The van der Waals surface area contributed by atoms with Crippen LogP contribution in [-0.2, 0) is 0 Å². The summed E-state index contributed by atoms with van der Waals surface area (Å²) in [6, 6.07) is 1.54. The van der Waals surface area contributed by atoms with Crippen molar-refractivity contribution in [3.8, 4) is 0 Å². The number of piperazine rings is 1. The van der Waals surface area contributed by atoms with Crippen LogP contribution in [0.3, 0.4) is 0 Å². The van der Waals surface area contributed by atoms with E-state index < -0.39 is 0 Å². The lowest BCUT2D eigenvalue weighted by atomic mass is 9.77. The Morgan fingerprint density at radius 2 is 2.06 bits per heavy atom. The summed E-state index contributed by atoms with van der Waals surface area (Å²) < 4.78 is 0. The molecule has 2 N–H and O–H groups in total. The summed E-state index contributed by atoms with van der Waals surface area (Å²) >= 11 is 0. The molecule has 3 fully saturated rings. The average Bonchev–Trinajstić information content (AvgIpc) is 2.63. The highest BCUT2D eigenvalue weighted by molar-refractivity contribution is 4.99. The molecule has 0 aromatic carbocycles. The van der Waals surface area contributed by atoms with Crippen molar-refractivity contribution in [2.45, 2.75) is 56.7 Å². The minimum absolute atomic E-state index is 0.162. The van der Waals surface area contributed by atoms with E-state index in [4.69, 9.17) is 5.73 Å². The predicted molar refractivity (Wildman–Crippen MR) is 66.4 cm³/mol. The first-order valence-electron chi connectivity index (χ1n) is 6.93. The van der Waals surface area contributed by atoms with Crippen LogP contribution in [0.25, 0.3) is 0 Å². The number of nitrogens with zero attached hydrogens (tertiary/aromatic N) is 2. The van der Waals surface area contributed by atoms with Gasteiger partial charge in [-0.05, 0) is 45.6 Å². The summed E-state index contributed by atoms with van der Waals surface area (Å²) in [6.07, 6.45) is 6.63. The van der Waals surface area contributed by atoms with E-state index in [0.29, 0.717) is 6.04 Å². The van der Waals surface area contributed by atoms with Gasteiger partial charge in [0.15, 0.2) is 0 Å². The van der Waals surface area contributed by atoms with Crippen LogP contribution in [0.4, 0.5) is 0 Å². The van der Waals surface area contributed by atoms with E-state index in [1.54, 1.807) is 0 Å². The summed E-state index contributed by atoms with van der Waals surface area (Å²) in [5.41, 5.74) is 6.54. The fourth-order valence-corrected chi connectivity index (χ4v) is 3.66. The Labute approximate surface area is 99.0 Å². The maximum atomic E-state index is 6.38. The zero-order chi connectivity index (χ0) is 11.2. The van der Waals surface area contributed by atoms with Crippen molar-refractivity contribution in [3.05, 3.63) is 0 Å². The van der Waals surface area contributed by atoms with Crippen LogP contribution in [0.2, 0.25) is 0 Å². The summed E-state index contributed by atoms with van der Waals surface area (Å²) in [5.74, 6) is 0. The maximum absolute atomic E-state index is 6.38. The molecule has 2 heterocycles. The third kappa shape index (κ3) is 1.89. The van der Waals surface area contributed by atoms with Crippen LogP contribution < -0.4 is 5.73 Å². The Kier molecular flexibility index (Phi) is 2.73. The van der Waals surface area contributed by atoms with Gasteiger partial charge in [-0.25, -0.2) is 0 Å². The SMILES string of the molecule is CC1CN2CCCC2CN1CC1(N)CCC1. The Morgan fingerprint density at radius 3 is 2.75 bits per heavy atom. The highest BCUT2D eigenvalue weighted by Crippen LogP contribution is 2.32. The predicted octanol–water partition coefficient (Wildman–Crippen LogP) is 1.04. The Hall–Kier alpha value is -0.120. The summed E-state index contributed by atoms with van der Waals surface area (Å²) in [6.45, 7) is 7.37. The van der Waals surface area contributed by atoms with Crippen LogP contribution in [0, 0.1) is 0 Å². The second-order valence-electron chi connectivity index (χ2n) is 6.29. The quantitative estimate of drug-likeness (QED) is 0.759. The lowest BCUT2D eigenvalue weighted by molar-refractivity contribution is 0.0289. The van der Waals surface area contributed by atoms with Crippen LogP contribution in [-0.4, -0.2) is 53.6 Å². The Morgan fingerprint density at radius 1 is 1.25 bits per heavy atom. The molecule has 2 saturated heterocycles. The van der Waals surface area contributed by atoms with E-state index in [9.17, 15) is 0 Å². The van der Waals surface area contributed by atoms with Crippen molar-refractivity contribution in [2.24, 2.45) is 5.73 Å². The lowest BCUT2D eigenvalue weighted by Gasteiger charge is -2.48. The van der Waals surface area contributed by atoms with Gasteiger partial charge in [0.05, 0.1) is 0 Å². The molecule has 0 spiro atoms. The molecule has 1 saturated carbocycles. The molecule has 3 nitrogen and oxygen atoms in total. The molecule has 2 unspecified atom stereocenters. The van der Waals surface area contributed by atoms with Gasteiger partial charge in [0.25, 0.3) is 0 Å². The van der Waals surface area contributed by atoms with E-state index in [1.165, 1.54) is 51.7 Å². The molecular weight excluding hydrogens is 198 g/mol. The van der Waals surface area contributed by atoms with Gasteiger partial charge in [0.1, 0.15) is 0 Å². The molecule has 0 radical (unpaired) electrons. The van der Waals surface area contributed by atoms with E-state index in [0.717, 1.165) is 12.6 Å². The first-order chi connectivity index (χ1) is 7.66. The van der Waals surface area contributed by atoms with Crippen molar-refractivity contribution < 1.29 is 0 Å². The van der Waals surface area contributed by atoms with Crippen LogP contribution in [0.1, 0.15) is 39.0 Å². The van der Waals surface area contributed by atoms with E-state index in [2.05, 4.69) is 16.7 Å². The first kappa shape index (κ1) is 11.0. The normalized spacial score (nSPS) is 39.4. The second kappa shape index (κ2) is 3.97. The van der Waals surface area contributed by atoms with Crippen molar-refractivity contribution in [3.63, 3.8) is 0 Å². The highest BCUT2D eigenvalue weighted by Gasteiger charge is 2.40. The van der Waals surface area contributed by atoms with Gasteiger partial charge in [-0.15, -0.1) is 0 Å². The smallest absolute Gasteiger partial charge is 0.0283 e. The number of fused-ring (bicyclic) bond motifs is 1. The third-order valence-corrected chi connectivity index (χ3v) is 4.93. The van der Waals surface area contributed by atoms with Crippen molar-refractivity contribution >= 4 is 0 Å². The lowest BCUT2D eigenvalue weighted by Crippen LogP contribution is -2.62. The summed E-state index contributed by atoms with van der Waals surface area (Å²) in [5, 5.41) is 0. The van der Waals surface area contributed by atoms with Gasteiger partial charge in [-0.3, -0.25) is 9.80 Å². The average molecular weight is 223 g/mol.